The number of ether oxygens (including phenoxy) is 3. The van der Waals surface area contributed by atoms with E-state index in [0.717, 1.165) is 116 Å². The van der Waals surface area contributed by atoms with Gasteiger partial charge in [0.05, 0.1) is 0 Å². The van der Waals surface area contributed by atoms with E-state index in [1.165, 1.54) is 109 Å². The summed E-state index contributed by atoms with van der Waals surface area (Å²) in [6.07, 6.45) is 71.5. The van der Waals surface area contributed by atoms with E-state index in [0.29, 0.717) is 19.3 Å². The normalized spacial score (nSPS) is 12.7. The Morgan fingerprint density at radius 1 is 0.313 bits per heavy atom. The van der Waals surface area contributed by atoms with E-state index in [-0.39, 0.29) is 31.1 Å². The molecule has 0 N–H and O–H groups in total. The largest absolute Gasteiger partial charge is 0.462 e. The second kappa shape index (κ2) is 55.2. The van der Waals surface area contributed by atoms with Crippen molar-refractivity contribution < 1.29 is 28.6 Å². The lowest BCUT2D eigenvalue weighted by atomic mass is 10.0. The van der Waals surface area contributed by atoms with Crippen LogP contribution in [0.15, 0.2) is 85.1 Å². The summed E-state index contributed by atoms with van der Waals surface area (Å²) < 4.78 is 16.8. The van der Waals surface area contributed by atoms with Crippen molar-refractivity contribution in [2.75, 3.05) is 13.2 Å². The Kier molecular flexibility index (Phi) is 52.4. The van der Waals surface area contributed by atoms with Crippen molar-refractivity contribution in [2.24, 2.45) is 0 Å². The van der Waals surface area contributed by atoms with Crippen molar-refractivity contribution in [3.05, 3.63) is 85.1 Å². The molecule has 0 bridgehead atoms. The highest BCUT2D eigenvalue weighted by Crippen LogP contribution is 2.16. The summed E-state index contributed by atoms with van der Waals surface area (Å²) in [5.74, 6) is -0.942. The van der Waals surface area contributed by atoms with Gasteiger partial charge < -0.3 is 14.2 Å². The summed E-state index contributed by atoms with van der Waals surface area (Å²) in [4.78, 5) is 38.1. The highest BCUT2D eigenvalue weighted by atomic mass is 16.6. The topological polar surface area (TPSA) is 78.9 Å². The molecule has 0 aliphatic carbocycles. The fraction of sp³-hybridized carbons (Fsp3) is 0.721. The molecule has 67 heavy (non-hydrogen) atoms. The van der Waals surface area contributed by atoms with Crippen LogP contribution in [0.5, 0.6) is 0 Å². The maximum absolute atomic E-state index is 12.8. The molecule has 1 atom stereocenters. The molecule has 6 nitrogen and oxygen atoms in total. The fourth-order valence-corrected chi connectivity index (χ4v) is 7.74. The second-order valence-electron chi connectivity index (χ2n) is 18.4. The van der Waals surface area contributed by atoms with E-state index in [9.17, 15) is 14.4 Å². The number of esters is 3. The van der Waals surface area contributed by atoms with Gasteiger partial charge in [-0.05, 0) is 89.9 Å². The zero-order chi connectivity index (χ0) is 48.6. The minimum atomic E-state index is -0.797. The lowest BCUT2D eigenvalue weighted by Gasteiger charge is -2.18. The molecule has 0 aromatic carbocycles. The van der Waals surface area contributed by atoms with Crippen molar-refractivity contribution in [3.63, 3.8) is 0 Å². The van der Waals surface area contributed by atoms with E-state index in [1.807, 2.05) is 0 Å². The van der Waals surface area contributed by atoms with E-state index in [2.05, 4.69) is 106 Å². The van der Waals surface area contributed by atoms with Crippen LogP contribution >= 0.6 is 0 Å². The predicted octanol–water partition coefficient (Wildman–Crippen LogP) is 18.8. The Labute approximate surface area is 414 Å². The maximum Gasteiger partial charge on any atom is 0.306 e. The molecule has 0 aliphatic heterocycles. The van der Waals surface area contributed by atoms with Crippen LogP contribution in [0.25, 0.3) is 0 Å². The summed E-state index contributed by atoms with van der Waals surface area (Å²) in [5, 5.41) is 0. The zero-order valence-electron chi connectivity index (χ0n) is 43.9. The van der Waals surface area contributed by atoms with Crippen molar-refractivity contribution in [3.8, 4) is 0 Å². The average Bonchev–Trinajstić information content (AvgIpc) is 3.33. The van der Waals surface area contributed by atoms with Crippen molar-refractivity contribution in [1.82, 2.24) is 0 Å². The quantitative estimate of drug-likeness (QED) is 0.0262. The molecule has 0 amide bonds. The van der Waals surface area contributed by atoms with Crippen LogP contribution in [0.3, 0.4) is 0 Å². The molecule has 0 aromatic heterocycles. The highest BCUT2D eigenvalue weighted by molar-refractivity contribution is 5.71. The molecular weight excluding hydrogens is 829 g/mol. The van der Waals surface area contributed by atoms with Gasteiger partial charge in [-0.25, -0.2) is 0 Å². The zero-order valence-corrected chi connectivity index (χ0v) is 43.9. The first kappa shape index (κ1) is 63.6. The Bertz CT molecular complexity index is 1300. The molecule has 6 heteroatoms. The molecule has 0 saturated heterocycles. The third-order valence-corrected chi connectivity index (χ3v) is 11.9. The van der Waals surface area contributed by atoms with Gasteiger partial charge in [0.1, 0.15) is 13.2 Å². The Hall–Kier alpha value is -3.41. The number of unbranched alkanes of at least 4 members (excludes halogenated alkanes) is 25. The van der Waals surface area contributed by atoms with Crippen molar-refractivity contribution in [1.29, 1.82) is 0 Å². The van der Waals surface area contributed by atoms with Crippen LogP contribution in [0.2, 0.25) is 0 Å². The number of rotatable bonds is 50. The average molecular weight is 933 g/mol. The van der Waals surface area contributed by atoms with Crippen molar-refractivity contribution >= 4 is 17.9 Å². The number of allylic oxidation sites excluding steroid dienone is 14. The molecule has 0 radical (unpaired) electrons. The van der Waals surface area contributed by atoms with Gasteiger partial charge in [0.15, 0.2) is 6.10 Å². The molecule has 0 aromatic rings. The minimum absolute atomic E-state index is 0.0948. The standard InChI is InChI=1S/C61H104O6/c1-4-7-10-13-16-19-22-25-27-29-31-33-34-36-39-42-45-48-51-54-60(63)66-57-58(56-65-59(62)53-50-47-44-41-38-24-21-18-15-12-9-6-3)67-61(64)55-52-49-46-43-40-37-35-32-30-28-26-23-20-17-14-11-8-5-2/h7,9-10,12,16,18-19,21,25,27,31,33,38,41,58H,4-6,8,11,13-15,17,20,22-24,26,28-30,32,34-37,39-40,42-57H2,1-3H3/b10-7-,12-9-,19-16-,21-18-,27-25-,33-31-,41-38-. The summed E-state index contributed by atoms with van der Waals surface area (Å²) in [7, 11) is 0. The van der Waals surface area contributed by atoms with Gasteiger partial charge in [0, 0.05) is 19.3 Å². The van der Waals surface area contributed by atoms with Crippen LogP contribution in [0, 0.1) is 0 Å². The van der Waals surface area contributed by atoms with Crippen LogP contribution in [-0.4, -0.2) is 37.2 Å². The van der Waals surface area contributed by atoms with Gasteiger partial charge in [0.2, 0.25) is 0 Å². The highest BCUT2D eigenvalue weighted by Gasteiger charge is 2.19. The first-order chi connectivity index (χ1) is 33.0. The molecule has 0 saturated carbocycles. The summed E-state index contributed by atoms with van der Waals surface area (Å²) in [6, 6.07) is 0. The molecule has 1 unspecified atom stereocenters. The van der Waals surface area contributed by atoms with Crippen molar-refractivity contribution in [2.45, 2.75) is 271 Å². The molecule has 0 spiro atoms. The van der Waals surface area contributed by atoms with Crippen LogP contribution in [-0.2, 0) is 28.6 Å². The lowest BCUT2D eigenvalue weighted by molar-refractivity contribution is -0.167. The van der Waals surface area contributed by atoms with Gasteiger partial charge in [-0.1, -0.05) is 241 Å². The van der Waals surface area contributed by atoms with Crippen LogP contribution < -0.4 is 0 Å². The number of hydrogen-bond acceptors (Lipinski definition) is 6. The van der Waals surface area contributed by atoms with Gasteiger partial charge in [0.25, 0.3) is 0 Å². The van der Waals surface area contributed by atoms with Gasteiger partial charge >= 0.3 is 17.9 Å². The van der Waals surface area contributed by atoms with E-state index in [4.69, 9.17) is 14.2 Å². The molecule has 0 aliphatic rings. The second-order valence-corrected chi connectivity index (χ2v) is 18.4. The van der Waals surface area contributed by atoms with E-state index in [1.54, 1.807) is 0 Å². The summed E-state index contributed by atoms with van der Waals surface area (Å²) >= 11 is 0. The minimum Gasteiger partial charge on any atom is -0.462 e. The molecule has 0 heterocycles. The first-order valence-corrected chi connectivity index (χ1v) is 28.1. The number of carbonyl (C=O) groups excluding carboxylic acids is 3. The van der Waals surface area contributed by atoms with Gasteiger partial charge in [-0.15, -0.1) is 0 Å². The Balaban J connectivity index is 4.40. The lowest BCUT2D eigenvalue weighted by Crippen LogP contribution is -2.30. The summed E-state index contributed by atoms with van der Waals surface area (Å²) in [6.45, 7) is 6.38. The smallest absolute Gasteiger partial charge is 0.306 e. The SMILES string of the molecule is CC/C=C\C/C=C\C/C=C\C/C=C\CCCCCCCCC(=O)OCC(COC(=O)CCCC/C=C\C/C=C\C/C=C\CC)OC(=O)CCCCCCCCCCCCCCCCCCCC. The number of hydrogen-bond donors (Lipinski definition) is 0. The van der Waals surface area contributed by atoms with Crippen LogP contribution in [0.4, 0.5) is 0 Å². The Morgan fingerprint density at radius 2 is 0.582 bits per heavy atom. The number of carbonyl (C=O) groups is 3. The maximum atomic E-state index is 12.8. The third kappa shape index (κ3) is 53.4. The first-order valence-electron chi connectivity index (χ1n) is 28.1. The van der Waals surface area contributed by atoms with Crippen LogP contribution in [0.1, 0.15) is 265 Å². The summed E-state index contributed by atoms with van der Waals surface area (Å²) in [5.41, 5.74) is 0. The molecule has 384 valence electrons. The van der Waals surface area contributed by atoms with E-state index < -0.39 is 6.10 Å². The Morgan fingerprint density at radius 3 is 0.940 bits per heavy atom. The predicted molar refractivity (Wildman–Crippen MR) is 288 cm³/mol. The fourth-order valence-electron chi connectivity index (χ4n) is 7.74. The molecule has 0 rings (SSSR count). The van der Waals surface area contributed by atoms with E-state index >= 15 is 0 Å². The molecule has 0 fully saturated rings. The van der Waals surface area contributed by atoms with Gasteiger partial charge in [-0.3, -0.25) is 14.4 Å². The monoisotopic (exact) mass is 933 g/mol. The molecular formula is C61H104O6. The van der Waals surface area contributed by atoms with Gasteiger partial charge in [-0.2, -0.15) is 0 Å². The third-order valence-electron chi connectivity index (χ3n) is 11.9.